The van der Waals surface area contributed by atoms with Gasteiger partial charge in [0.15, 0.2) is 0 Å². The number of hydrogen-bond donors (Lipinski definition) is 1. The van der Waals surface area contributed by atoms with Crippen LogP contribution in [-0.2, 0) is 24.1 Å². The van der Waals surface area contributed by atoms with Gasteiger partial charge in [0.2, 0.25) is 0 Å². The predicted octanol–water partition coefficient (Wildman–Crippen LogP) is 5.29. The fourth-order valence-electron chi connectivity index (χ4n) is 4.70. The van der Waals surface area contributed by atoms with Gasteiger partial charge in [0.05, 0.1) is 12.2 Å². The number of nitrogens with zero attached hydrogens (tertiary/aromatic N) is 1. The highest BCUT2D eigenvalue weighted by molar-refractivity contribution is 7.17. The van der Waals surface area contributed by atoms with E-state index in [-0.39, 0.29) is 11.9 Å². The Morgan fingerprint density at radius 1 is 1.16 bits per heavy atom. The summed E-state index contributed by atoms with van der Waals surface area (Å²) >= 11 is 1.53. The van der Waals surface area contributed by atoms with Gasteiger partial charge in [-0.25, -0.2) is 4.79 Å². The van der Waals surface area contributed by atoms with Crippen LogP contribution >= 0.6 is 11.3 Å². The van der Waals surface area contributed by atoms with Crippen molar-refractivity contribution in [2.24, 2.45) is 5.92 Å². The maximum Gasteiger partial charge on any atom is 0.341 e. The summed E-state index contributed by atoms with van der Waals surface area (Å²) in [5.74, 6) is 0.245. The highest BCUT2D eigenvalue weighted by Crippen LogP contribution is 2.38. The van der Waals surface area contributed by atoms with E-state index in [1.165, 1.54) is 34.6 Å². The van der Waals surface area contributed by atoms with E-state index in [2.05, 4.69) is 17.1 Å². The molecule has 0 spiro atoms. The molecule has 1 aliphatic carbocycles. The first kappa shape index (κ1) is 22.0. The van der Waals surface area contributed by atoms with Gasteiger partial charge in [0, 0.05) is 23.5 Å². The largest absolute Gasteiger partial charge is 0.462 e. The molecule has 0 radical (unpaired) electrons. The number of likely N-dealkylation sites (tertiary alicyclic amines) is 1. The number of anilines is 1. The topological polar surface area (TPSA) is 58.6 Å². The molecule has 31 heavy (non-hydrogen) atoms. The molecule has 0 saturated carbocycles. The second-order valence-electron chi connectivity index (χ2n) is 8.77. The minimum atomic E-state index is -0.330. The number of esters is 1. The molecule has 6 heteroatoms. The molecule has 2 aliphatic rings. The number of benzene rings is 1. The summed E-state index contributed by atoms with van der Waals surface area (Å²) in [5, 5.41) is 3.62. The van der Waals surface area contributed by atoms with Gasteiger partial charge in [-0.2, -0.15) is 0 Å². The molecule has 166 valence electrons. The molecule has 2 aromatic rings. The van der Waals surface area contributed by atoms with Gasteiger partial charge in [-0.3, -0.25) is 9.69 Å². The molecule has 1 aromatic heterocycles. The van der Waals surface area contributed by atoms with Crippen LogP contribution in [0.2, 0.25) is 0 Å². The number of aryl methyl sites for hydroxylation is 1. The number of piperidine rings is 1. The Hall–Kier alpha value is -2.18. The molecular formula is C25H32N2O3S. The van der Waals surface area contributed by atoms with Gasteiger partial charge in [0.25, 0.3) is 5.91 Å². The molecule has 1 N–H and O–H groups in total. The Morgan fingerprint density at radius 3 is 2.68 bits per heavy atom. The first-order valence-electron chi connectivity index (χ1n) is 11.5. The van der Waals surface area contributed by atoms with E-state index in [4.69, 9.17) is 4.74 Å². The van der Waals surface area contributed by atoms with E-state index in [1.807, 2.05) is 24.3 Å². The molecule has 1 atom stereocenters. The minimum absolute atomic E-state index is 0.178. The van der Waals surface area contributed by atoms with Crippen molar-refractivity contribution in [2.45, 2.75) is 58.9 Å². The smallest absolute Gasteiger partial charge is 0.341 e. The fraction of sp³-hybridized carbons (Fsp3) is 0.520. The van der Waals surface area contributed by atoms with Gasteiger partial charge in [0.1, 0.15) is 5.00 Å². The van der Waals surface area contributed by atoms with Crippen LogP contribution in [0.4, 0.5) is 5.00 Å². The molecule has 1 unspecified atom stereocenters. The molecule has 4 rings (SSSR count). The average molecular weight is 441 g/mol. The lowest BCUT2D eigenvalue weighted by Crippen LogP contribution is -2.33. The Bertz CT molecular complexity index is 935. The van der Waals surface area contributed by atoms with Gasteiger partial charge in [-0.15, -0.1) is 11.3 Å². The van der Waals surface area contributed by atoms with Crippen LogP contribution < -0.4 is 5.32 Å². The van der Waals surface area contributed by atoms with Crippen molar-refractivity contribution in [1.82, 2.24) is 4.90 Å². The van der Waals surface area contributed by atoms with Crippen LogP contribution in [0.5, 0.6) is 0 Å². The number of rotatable bonds is 6. The van der Waals surface area contributed by atoms with Gasteiger partial charge >= 0.3 is 5.97 Å². The molecule has 1 amide bonds. The average Bonchev–Trinajstić information content (AvgIpc) is 3.12. The number of nitrogens with one attached hydrogen (secondary N) is 1. The first-order chi connectivity index (χ1) is 15.0. The lowest BCUT2D eigenvalue weighted by Gasteiger charge is -2.30. The van der Waals surface area contributed by atoms with E-state index in [9.17, 15) is 9.59 Å². The quantitative estimate of drug-likeness (QED) is 0.620. The number of hydrogen-bond acceptors (Lipinski definition) is 5. The summed E-state index contributed by atoms with van der Waals surface area (Å²) in [6.45, 7) is 7.66. The predicted molar refractivity (Wildman–Crippen MR) is 125 cm³/mol. The Balaban J connectivity index is 1.47. The third-order valence-electron chi connectivity index (χ3n) is 6.24. The van der Waals surface area contributed by atoms with Gasteiger partial charge in [-0.05, 0) is 81.2 Å². The monoisotopic (exact) mass is 440 g/mol. The third-order valence-corrected chi connectivity index (χ3v) is 7.45. The van der Waals surface area contributed by atoms with Crippen LogP contribution in [0, 0.1) is 5.92 Å². The zero-order valence-electron chi connectivity index (χ0n) is 18.5. The first-order valence-corrected chi connectivity index (χ1v) is 12.3. The maximum absolute atomic E-state index is 12.9. The molecular weight excluding hydrogens is 408 g/mol. The summed E-state index contributed by atoms with van der Waals surface area (Å²) in [4.78, 5) is 29.2. The van der Waals surface area contributed by atoms with Crippen LogP contribution in [0.1, 0.15) is 76.3 Å². The van der Waals surface area contributed by atoms with E-state index >= 15 is 0 Å². The third kappa shape index (κ3) is 5.18. The van der Waals surface area contributed by atoms with Crippen molar-refractivity contribution in [1.29, 1.82) is 0 Å². The second kappa shape index (κ2) is 9.96. The maximum atomic E-state index is 12.9. The Labute approximate surface area is 188 Å². The minimum Gasteiger partial charge on any atom is -0.462 e. The number of thiophene rings is 1. The highest BCUT2D eigenvalue weighted by Gasteiger charge is 2.27. The van der Waals surface area contributed by atoms with Crippen molar-refractivity contribution >= 4 is 28.2 Å². The Morgan fingerprint density at radius 2 is 1.94 bits per heavy atom. The number of fused-ring (bicyclic) bond motifs is 1. The van der Waals surface area contributed by atoms with Crippen LogP contribution in [0.3, 0.4) is 0 Å². The SMILES string of the molecule is CCOC(=O)c1c(NC(=O)c2ccc(CN3CCCC(C)C3)cc2)sc2c1CCCC2. The molecule has 1 saturated heterocycles. The van der Waals surface area contributed by atoms with Crippen LogP contribution in [0.25, 0.3) is 0 Å². The van der Waals surface area contributed by atoms with Crippen molar-refractivity contribution < 1.29 is 14.3 Å². The van der Waals surface area contributed by atoms with E-state index < -0.39 is 0 Å². The number of carbonyl (C=O) groups is 2. The van der Waals surface area contributed by atoms with E-state index in [1.54, 1.807) is 6.92 Å². The number of carbonyl (C=O) groups excluding carboxylic acids is 2. The standard InChI is InChI=1S/C25H32N2O3S/c1-3-30-25(29)22-20-8-4-5-9-21(20)31-24(22)26-23(28)19-12-10-18(11-13-19)16-27-14-6-7-17(2)15-27/h10-13,17H,3-9,14-16H2,1-2H3,(H,26,28). The number of amides is 1. The molecule has 1 aliphatic heterocycles. The normalized spacial score (nSPS) is 19.0. The van der Waals surface area contributed by atoms with Gasteiger partial charge < -0.3 is 10.1 Å². The van der Waals surface area contributed by atoms with E-state index in [0.29, 0.717) is 22.7 Å². The number of ether oxygens (including phenoxy) is 1. The lowest BCUT2D eigenvalue weighted by molar-refractivity contribution is 0.0526. The van der Waals surface area contributed by atoms with Gasteiger partial charge in [-0.1, -0.05) is 19.1 Å². The lowest BCUT2D eigenvalue weighted by atomic mass is 9.95. The Kier molecular flexibility index (Phi) is 7.08. The fourth-order valence-corrected chi connectivity index (χ4v) is 5.97. The summed E-state index contributed by atoms with van der Waals surface area (Å²) in [5.41, 5.74) is 3.46. The van der Waals surface area contributed by atoms with Crippen molar-refractivity contribution in [2.75, 3.05) is 25.0 Å². The highest BCUT2D eigenvalue weighted by atomic mass is 32.1. The molecule has 0 bridgehead atoms. The summed E-state index contributed by atoms with van der Waals surface area (Å²) in [6.07, 6.45) is 6.61. The zero-order chi connectivity index (χ0) is 21.8. The molecule has 1 aromatic carbocycles. The van der Waals surface area contributed by atoms with Crippen molar-refractivity contribution in [3.63, 3.8) is 0 Å². The zero-order valence-corrected chi connectivity index (χ0v) is 19.4. The molecule has 1 fully saturated rings. The summed E-state index contributed by atoms with van der Waals surface area (Å²) in [6, 6.07) is 7.85. The van der Waals surface area contributed by atoms with Crippen LogP contribution in [0.15, 0.2) is 24.3 Å². The van der Waals surface area contributed by atoms with Crippen molar-refractivity contribution in [3.8, 4) is 0 Å². The molecule has 2 heterocycles. The summed E-state index contributed by atoms with van der Waals surface area (Å²) in [7, 11) is 0. The van der Waals surface area contributed by atoms with Crippen molar-refractivity contribution in [3.05, 3.63) is 51.4 Å². The van der Waals surface area contributed by atoms with E-state index in [0.717, 1.165) is 56.8 Å². The summed E-state index contributed by atoms with van der Waals surface area (Å²) < 4.78 is 5.29. The second-order valence-corrected chi connectivity index (χ2v) is 9.87. The molecule has 5 nitrogen and oxygen atoms in total. The van der Waals surface area contributed by atoms with Crippen LogP contribution in [-0.4, -0.2) is 36.5 Å².